The molecule has 28 heteroatoms. The second kappa shape index (κ2) is 33.8. The van der Waals surface area contributed by atoms with E-state index in [4.69, 9.17) is 24.7 Å². The van der Waals surface area contributed by atoms with Gasteiger partial charge in [0.2, 0.25) is 17.8 Å². The van der Waals surface area contributed by atoms with Crippen LogP contribution in [0.4, 0.5) is 23.8 Å². The molecular weight excluding hydrogens is 1460 g/mol. The van der Waals surface area contributed by atoms with Crippen LogP contribution in [0.15, 0.2) is 165 Å². The highest BCUT2D eigenvalue weighted by Crippen LogP contribution is 2.32. The Labute approximate surface area is 675 Å². The lowest BCUT2D eigenvalue weighted by atomic mass is 9.86. The van der Waals surface area contributed by atoms with Crippen LogP contribution in [0.2, 0.25) is 0 Å². The van der Waals surface area contributed by atoms with Crippen LogP contribution >= 0.6 is 0 Å². The Balaban J connectivity index is 0.000000128. The number of fused-ring (bicyclic) bond motifs is 4. The summed E-state index contributed by atoms with van der Waals surface area (Å²) in [6, 6.07) is 48.5. The number of aliphatic hydroxyl groups excluding tert-OH is 1. The van der Waals surface area contributed by atoms with Gasteiger partial charge in [-0.05, 0) is 114 Å². The van der Waals surface area contributed by atoms with Crippen molar-refractivity contribution in [2.75, 3.05) is 99.6 Å². The van der Waals surface area contributed by atoms with Gasteiger partial charge in [0.15, 0.2) is 34.4 Å². The molecule has 28 nitrogen and oxygen atoms in total. The molecule has 116 heavy (non-hydrogen) atoms. The summed E-state index contributed by atoms with van der Waals surface area (Å²) >= 11 is 0. The number of H-pyrrole nitrogens is 3. The van der Waals surface area contributed by atoms with Crippen molar-refractivity contribution in [3.05, 3.63) is 210 Å². The molecule has 606 valence electrons. The highest BCUT2D eigenvalue weighted by Gasteiger charge is 2.32. The number of rotatable bonds is 12. The molecule has 0 unspecified atom stereocenters. The highest BCUT2D eigenvalue weighted by molar-refractivity contribution is 6.04. The molecule has 0 radical (unpaired) electrons. The van der Waals surface area contributed by atoms with Gasteiger partial charge in [-0.15, -0.1) is 0 Å². The molecule has 0 bridgehead atoms. The van der Waals surface area contributed by atoms with Gasteiger partial charge in [0.25, 0.3) is 28.0 Å². The number of carbonyl (C=O) groups excluding carboxylic acids is 1. The number of benzene rings is 5. The summed E-state index contributed by atoms with van der Waals surface area (Å²) in [4.78, 5) is 96.4. The maximum atomic E-state index is 12.1. The first-order valence-corrected chi connectivity index (χ1v) is 40.4. The minimum absolute atomic E-state index is 0.0754. The molecule has 7 aromatic heterocycles. The Hall–Kier alpha value is -11.5. The van der Waals surface area contributed by atoms with E-state index in [0.29, 0.717) is 102 Å². The number of aromatic amines is 3. The molecule has 5 aromatic carbocycles. The number of likely N-dealkylation sites (N-methyl/N-ethyl adjacent to an activating group) is 1. The molecule has 5 aliphatic heterocycles. The average molecular weight is 1570 g/mol. The van der Waals surface area contributed by atoms with Gasteiger partial charge in [0.05, 0.1) is 38.0 Å². The molecule has 0 spiro atoms. The Kier molecular flexibility index (Phi) is 23.6. The molecule has 17 rings (SSSR count). The topological polar surface area (TPSA) is 308 Å². The molecule has 5 aliphatic rings. The lowest BCUT2D eigenvalue weighted by Gasteiger charge is -2.33. The number of amides is 1. The van der Waals surface area contributed by atoms with Gasteiger partial charge in [-0.3, -0.25) is 39.4 Å². The van der Waals surface area contributed by atoms with Crippen molar-refractivity contribution in [1.82, 2.24) is 78.5 Å². The van der Waals surface area contributed by atoms with E-state index in [2.05, 4.69) is 264 Å². The minimum Gasteiger partial charge on any atom is -0.393 e. The van der Waals surface area contributed by atoms with Crippen molar-refractivity contribution >= 4 is 52.7 Å². The van der Waals surface area contributed by atoms with Crippen molar-refractivity contribution in [2.24, 2.45) is 5.11 Å². The van der Waals surface area contributed by atoms with Crippen molar-refractivity contribution < 1.29 is 19.0 Å². The van der Waals surface area contributed by atoms with E-state index in [1.165, 1.54) is 56.5 Å². The number of piperazine rings is 1. The third-order valence-corrected chi connectivity index (χ3v) is 22.0. The number of likely N-dealkylation sites (tertiary alicyclic amines) is 1. The van der Waals surface area contributed by atoms with Crippen LogP contribution in [0.3, 0.4) is 0 Å². The molecule has 12 aromatic rings. The lowest BCUT2D eigenvalue weighted by molar-refractivity contribution is -0.547. The Bertz CT molecular complexity index is 5760. The first-order valence-electron chi connectivity index (χ1n) is 40.4. The Morgan fingerprint density at radius 1 is 0.431 bits per heavy atom. The molecular formula is C88H109N22O6+. The number of anilines is 4. The standard InChI is InChI=1S/C27H31N5O2.C21H28N6O.C20H26N6O.C20H24N5O2/c1-27(2,3)21-11-9-20(10-12-21)25-28-23-17-24(33)30-32(23)26(29-25)31-15-13-22(14-16-31)34-18-19-7-5-4-6-8-19;1-21(2,3)15-7-5-14(6-8-15)19-23-17-13-18(28)25-27(17)20(24-19)22-16-9-11-26(4)12-10-16;1-20(2,3)15-7-5-14(6-8-15)18-21-16-13-17(27)23-26(16)19(22-18)25-11-9-24(4)10-12-25;1-20(2,3)14-6-4-13(5-7-14)18-21-16-12-17(27)23-25(16)19(22-18)24-10-8-15(26)9-11-24/h4-12,17,22H,13-16,18H2,1-3H3,(H,30,33);5-8,13,16H,9-12H2,1-4H3,(H,25,28)(H,22,23,24);5-8,13H,9-12H2,1-4H3,(H,23,27);4-7,12,15,26H,8-11H2,1-3H3/q;;;+1. The third-order valence-electron chi connectivity index (χ3n) is 22.0. The predicted octanol–water partition coefficient (Wildman–Crippen LogP) is 10.6. The number of aromatic nitrogens is 15. The van der Waals surface area contributed by atoms with Gasteiger partial charge in [0.1, 0.15) is 0 Å². The SMILES string of the molecule is CC(C)(C)c1ccc(-c2nc(N3CCC(O)CC3)[n+]3c(n2)=CC(=O)N=3)cc1.CC(C)(C)c1ccc(-c2nc(N3CCC(OCc4ccccc4)CC3)n3[nH]c(=O)cc3n2)cc1.CN1CCC(Nc2nc(-c3ccc(C(C)(C)C)cc3)nc3cc(=O)[nH]n23)CC1.CN1CCN(c2nc(-c3ccc(C(C)(C)C)cc3)nc3cc(=O)[nH]n23)CC1. The highest BCUT2D eigenvalue weighted by atomic mass is 16.5. The van der Waals surface area contributed by atoms with Crippen LogP contribution in [-0.4, -0.2) is 187 Å². The number of aliphatic hydroxyl groups is 1. The number of ether oxygens (including phenoxy) is 1. The normalized spacial score (nSPS) is 16.3. The largest absolute Gasteiger partial charge is 0.393 e. The fraction of sp³-hybridized carbons (Fsp3) is 0.432. The maximum Gasteiger partial charge on any atom is 0.376 e. The molecule has 0 aliphatic carbocycles. The van der Waals surface area contributed by atoms with Crippen LogP contribution < -0.4 is 46.5 Å². The summed E-state index contributed by atoms with van der Waals surface area (Å²) in [5, 5.41) is 25.8. The molecule has 0 atom stereocenters. The number of carbonyl (C=O) groups is 1. The van der Waals surface area contributed by atoms with Gasteiger partial charge < -0.3 is 34.8 Å². The van der Waals surface area contributed by atoms with E-state index in [1.807, 2.05) is 30.3 Å². The zero-order valence-electron chi connectivity index (χ0n) is 69.2. The molecule has 12 heterocycles. The summed E-state index contributed by atoms with van der Waals surface area (Å²) in [6.45, 7) is 35.6. The summed E-state index contributed by atoms with van der Waals surface area (Å²) in [5.74, 6) is 4.82. The second-order valence-electron chi connectivity index (χ2n) is 35.1. The Morgan fingerprint density at radius 3 is 1.26 bits per heavy atom. The van der Waals surface area contributed by atoms with Gasteiger partial charge in [-0.2, -0.15) is 15.0 Å². The van der Waals surface area contributed by atoms with E-state index in [1.54, 1.807) is 13.5 Å². The Morgan fingerprint density at radius 2 is 0.819 bits per heavy atom. The van der Waals surface area contributed by atoms with Crippen molar-refractivity contribution in [1.29, 1.82) is 0 Å². The van der Waals surface area contributed by atoms with E-state index in [9.17, 15) is 24.3 Å². The van der Waals surface area contributed by atoms with Crippen molar-refractivity contribution in [3.8, 4) is 45.6 Å². The lowest BCUT2D eigenvalue weighted by Crippen LogP contribution is -2.48. The summed E-state index contributed by atoms with van der Waals surface area (Å²) in [7, 11) is 4.26. The number of nitrogens with one attached hydrogen (secondary N) is 4. The van der Waals surface area contributed by atoms with Crippen LogP contribution in [0.5, 0.6) is 0 Å². The van der Waals surface area contributed by atoms with E-state index < -0.39 is 0 Å². The first-order chi connectivity index (χ1) is 55.3. The fourth-order valence-corrected chi connectivity index (χ4v) is 14.7. The minimum atomic E-state index is -0.331. The molecule has 4 saturated heterocycles. The molecule has 4 fully saturated rings. The summed E-state index contributed by atoms with van der Waals surface area (Å²) < 4.78 is 12.7. The molecule has 1 amide bonds. The number of nitrogens with zero attached hydrogens (tertiary/aromatic N) is 18. The van der Waals surface area contributed by atoms with Crippen LogP contribution in [-0.2, 0) is 37.8 Å². The van der Waals surface area contributed by atoms with Crippen molar-refractivity contribution in [2.45, 2.75) is 168 Å². The van der Waals surface area contributed by atoms with E-state index in [-0.39, 0.29) is 56.5 Å². The van der Waals surface area contributed by atoms with Gasteiger partial charge in [-0.1, -0.05) is 218 Å². The van der Waals surface area contributed by atoms with E-state index >= 15 is 0 Å². The van der Waals surface area contributed by atoms with Gasteiger partial charge in [-0.25, -0.2) is 28.5 Å². The zero-order chi connectivity index (χ0) is 82.0. The number of hydrogen-bond donors (Lipinski definition) is 5. The van der Waals surface area contributed by atoms with Gasteiger partial charge >= 0.3 is 11.9 Å². The monoisotopic (exact) mass is 1570 g/mol. The maximum absolute atomic E-state index is 12.1. The first kappa shape index (κ1) is 81.1. The quantitative estimate of drug-likeness (QED) is 0.0710. The summed E-state index contributed by atoms with van der Waals surface area (Å²) in [5.41, 5.74) is 12.0. The average Bonchev–Trinajstić information content (AvgIpc) is 1.58. The zero-order valence-corrected chi connectivity index (χ0v) is 69.2. The smallest absolute Gasteiger partial charge is 0.376 e. The summed E-state index contributed by atoms with van der Waals surface area (Å²) in [6.07, 6.45) is 6.60. The predicted molar refractivity (Wildman–Crippen MR) is 454 cm³/mol. The van der Waals surface area contributed by atoms with Gasteiger partial charge in [0, 0.05) is 98.6 Å². The molecule has 5 N–H and O–H groups in total. The second-order valence-corrected chi connectivity index (χ2v) is 35.1. The number of piperidine rings is 3. The van der Waals surface area contributed by atoms with Crippen LogP contribution in [0.1, 0.15) is 149 Å². The third kappa shape index (κ3) is 19.4. The van der Waals surface area contributed by atoms with Crippen LogP contribution in [0.25, 0.3) is 68.6 Å². The van der Waals surface area contributed by atoms with Crippen LogP contribution in [0, 0.1) is 0 Å². The van der Waals surface area contributed by atoms with E-state index in [0.717, 1.165) is 106 Å². The number of hydrogen-bond acceptors (Lipinski definition) is 20. The van der Waals surface area contributed by atoms with Crippen molar-refractivity contribution in [3.63, 3.8) is 0 Å². The fourth-order valence-electron chi connectivity index (χ4n) is 14.7. The molecule has 0 saturated carbocycles.